The number of rotatable bonds is 4. The van der Waals surface area contributed by atoms with Crippen LogP contribution in [0.1, 0.15) is 12.0 Å². The van der Waals surface area contributed by atoms with Crippen molar-refractivity contribution >= 4 is 17.3 Å². The Morgan fingerprint density at radius 1 is 1.04 bits per heavy atom. The number of amides is 1. The molecular weight excluding hydrogens is 288 g/mol. The highest BCUT2D eigenvalue weighted by Gasteiger charge is 2.24. The van der Waals surface area contributed by atoms with Gasteiger partial charge >= 0.3 is 0 Å². The second-order valence-corrected chi connectivity index (χ2v) is 5.80. The Labute approximate surface area is 137 Å². The maximum Gasteiger partial charge on any atom is 0.227 e. The van der Waals surface area contributed by atoms with Crippen molar-refractivity contribution in [2.24, 2.45) is 0 Å². The number of anilines is 2. The van der Waals surface area contributed by atoms with Gasteiger partial charge in [0.15, 0.2) is 0 Å². The van der Waals surface area contributed by atoms with E-state index in [1.165, 1.54) is 0 Å². The molecule has 1 aliphatic rings. The summed E-state index contributed by atoms with van der Waals surface area (Å²) < 4.78 is 5.16. The summed E-state index contributed by atoms with van der Waals surface area (Å²) in [4.78, 5) is 16.8. The Kier molecular flexibility index (Phi) is 4.51. The molecule has 0 atom stereocenters. The van der Waals surface area contributed by atoms with Crippen LogP contribution in [0.3, 0.4) is 0 Å². The first-order valence-corrected chi connectivity index (χ1v) is 7.92. The van der Waals surface area contributed by atoms with Crippen LogP contribution in [-0.4, -0.2) is 33.2 Å². The minimum absolute atomic E-state index is 0.182. The molecule has 2 aromatic rings. The molecule has 0 N–H and O–H groups in total. The average Bonchev–Trinajstić information content (AvgIpc) is 2.60. The highest BCUT2D eigenvalue weighted by molar-refractivity contribution is 5.97. The quantitative estimate of drug-likeness (QED) is 0.870. The predicted octanol–water partition coefficient (Wildman–Crippen LogP) is 3.11. The Hall–Kier alpha value is -2.49. The zero-order valence-corrected chi connectivity index (χ0v) is 13.7. The molecule has 1 amide bonds. The Morgan fingerprint density at radius 3 is 2.43 bits per heavy atom. The molecule has 0 aromatic heterocycles. The van der Waals surface area contributed by atoms with Crippen molar-refractivity contribution in [1.29, 1.82) is 0 Å². The van der Waals surface area contributed by atoms with E-state index in [2.05, 4.69) is 18.0 Å². The first-order valence-electron chi connectivity index (χ1n) is 7.92. The molecule has 0 saturated carbocycles. The molecule has 4 nitrogen and oxygen atoms in total. The lowest BCUT2D eigenvalue weighted by Crippen LogP contribution is -2.42. The zero-order chi connectivity index (χ0) is 16.2. The van der Waals surface area contributed by atoms with E-state index in [9.17, 15) is 4.79 Å². The van der Waals surface area contributed by atoms with Crippen LogP contribution in [0, 0.1) is 0 Å². The molecule has 0 radical (unpaired) electrons. The van der Waals surface area contributed by atoms with Crippen molar-refractivity contribution in [3.63, 3.8) is 0 Å². The molecule has 120 valence electrons. The molecule has 1 aliphatic heterocycles. The van der Waals surface area contributed by atoms with E-state index in [0.717, 1.165) is 42.2 Å². The van der Waals surface area contributed by atoms with Gasteiger partial charge in [-0.25, -0.2) is 0 Å². The summed E-state index contributed by atoms with van der Waals surface area (Å²) in [6.07, 6.45) is 1.27. The van der Waals surface area contributed by atoms with Crippen molar-refractivity contribution < 1.29 is 9.53 Å². The topological polar surface area (TPSA) is 32.8 Å². The first-order chi connectivity index (χ1) is 11.2. The second kappa shape index (κ2) is 6.73. The third kappa shape index (κ3) is 3.31. The number of fused-ring (bicyclic) bond motifs is 1. The van der Waals surface area contributed by atoms with Gasteiger partial charge in [0, 0.05) is 26.6 Å². The van der Waals surface area contributed by atoms with Crippen LogP contribution < -0.4 is 14.5 Å². The van der Waals surface area contributed by atoms with Gasteiger partial charge in [-0.2, -0.15) is 0 Å². The maximum absolute atomic E-state index is 12.6. The van der Waals surface area contributed by atoms with E-state index < -0.39 is 0 Å². The van der Waals surface area contributed by atoms with E-state index in [1.807, 2.05) is 47.4 Å². The van der Waals surface area contributed by atoms with Crippen LogP contribution in [0.2, 0.25) is 0 Å². The van der Waals surface area contributed by atoms with Gasteiger partial charge in [0.2, 0.25) is 5.91 Å². The summed E-state index contributed by atoms with van der Waals surface area (Å²) in [5.41, 5.74) is 3.29. The molecule has 2 aromatic carbocycles. The maximum atomic E-state index is 12.6. The Bertz CT molecular complexity index is 682. The molecule has 0 aliphatic carbocycles. The number of nitrogens with zero attached hydrogens (tertiary/aromatic N) is 2. The molecule has 1 heterocycles. The molecule has 0 fully saturated rings. The number of hydrogen-bond acceptors (Lipinski definition) is 3. The third-order valence-corrected chi connectivity index (χ3v) is 4.33. The lowest BCUT2D eigenvalue weighted by molar-refractivity contribution is -0.118. The summed E-state index contributed by atoms with van der Waals surface area (Å²) in [5, 5.41) is 0. The SMILES string of the molecule is COc1ccc(CCC(=O)N2CCN(C)c3ccccc32)cc1. The van der Waals surface area contributed by atoms with E-state index in [4.69, 9.17) is 4.74 Å². The Balaban J connectivity index is 1.67. The van der Waals surface area contributed by atoms with Crippen molar-refractivity contribution in [1.82, 2.24) is 0 Å². The van der Waals surface area contributed by atoms with Gasteiger partial charge in [0.25, 0.3) is 0 Å². The second-order valence-electron chi connectivity index (χ2n) is 5.80. The van der Waals surface area contributed by atoms with Crippen LogP contribution in [0.4, 0.5) is 11.4 Å². The van der Waals surface area contributed by atoms with Gasteiger partial charge in [0.1, 0.15) is 5.75 Å². The molecule has 4 heteroatoms. The summed E-state index contributed by atoms with van der Waals surface area (Å²) in [5.74, 6) is 1.02. The lowest BCUT2D eigenvalue weighted by atomic mass is 10.1. The van der Waals surface area contributed by atoms with E-state index in [1.54, 1.807) is 7.11 Å². The van der Waals surface area contributed by atoms with Gasteiger partial charge in [-0.3, -0.25) is 4.79 Å². The van der Waals surface area contributed by atoms with Crippen LogP contribution >= 0.6 is 0 Å². The number of ether oxygens (including phenoxy) is 1. The minimum Gasteiger partial charge on any atom is -0.497 e. The summed E-state index contributed by atoms with van der Waals surface area (Å²) in [6, 6.07) is 16.0. The largest absolute Gasteiger partial charge is 0.497 e. The minimum atomic E-state index is 0.182. The highest BCUT2D eigenvalue weighted by Crippen LogP contribution is 2.32. The normalized spacial score (nSPS) is 13.7. The van der Waals surface area contributed by atoms with E-state index >= 15 is 0 Å². The van der Waals surface area contributed by atoms with Gasteiger partial charge < -0.3 is 14.5 Å². The molecule has 0 spiro atoms. The third-order valence-electron chi connectivity index (χ3n) is 4.33. The van der Waals surface area contributed by atoms with Crippen molar-refractivity contribution in [3.05, 3.63) is 54.1 Å². The molecule has 3 rings (SSSR count). The van der Waals surface area contributed by atoms with Gasteiger partial charge in [0.05, 0.1) is 18.5 Å². The van der Waals surface area contributed by atoms with Crippen molar-refractivity contribution in [2.75, 3.05) is 37.0 Å². The molecule has 0 bridgehead atoms. The van der Waals surface area contributed by atoms with Crippen molar-refractivity contribution in [2.45, 2.75) is 12.8 Å². The number of benzene rings is 2. The van der Waals surface area contributed by atoms with Crippen LogP contribution in [0.15, 0.2) is 48.5 Å². The highest BCUT2D eigenvalue weighted by atomic mass is 16.5. The molecule has 0 saturated heterocycles. The van der Waals surface area contributed by atoms with Crippen LogP contribution in [0.5, 0.6) is 5.75 Å². The summed E-state index contributed by atoms with van der Waals surface area (Å²) >= 11 is 0. The molecular formula is C19H22N2O2. The fourth-order valence-electron chi connectivity index (χ4n) is 2.94. The smallest absolute Gasteiger partial charge is 0.227 e. The monoisotopic (exact) mass is 310 g/mol. The zero-order valence-electron chi connectivity index (χ0n) is 13.7. The first kappa shape index (κ1) is 15.4. The van der Waals surface area contributed by atoms with Crippen LogP contribution in [0.25, 0.3) is 0 Å². The number of para-hydroxylation sites is 2. The number of methoxy groups -OCH3 is 1. The van der Waals surface area contributed by atoms with Gasteiger partial charge in [-0.05, 0) is 36.2 Å². The van der Waals surface area contributed by atoms with Crippen molar-refractivity contribution in [3.8, 4) is 5.75 Å². The predicted molar refractivity (Wildman–Crippen MR) is 93.4 cm³/mol. The lowest BCUT2D eigenvalue weighted by Gasteiger charge is -2.35. The van der Waals surface area contributed by atoms with Gasteiger partial charge in [-0.1, -0.05) is 24.3 Å². The summed E-state index contributed by atoms with van der Waals surface area (Å²) in [6.45, 7) is 1.61. The molecule has 0 unspecified atom stereocenters. The van der Waals surface area contributed by atoms with E-state index in [-0.39, 0.29) is 5.91 Å². The fraction of sp³-hybridized carbons (Fsp3) is 0.316. The number of carbonyl (C=O) groups excluding carboxylic acids is 1. The standard InChI is InChI=1S/C19H22N2O2/c1-20-13-14-21(18-6-4-3-5-17(18)20)19(22)12-9-15-7-10-16(23-2)11-8-15/h3-8,10-11H,9,12-14H2,1-2H3. The fourth-order valence-corrected chi connectivity index (χ4v) is 2.94. The number of hydrogen-bond donors (Lipinski definition) is 0. The summed E-state index contributed by atoms with van der Waals surface area (Å²) in [7, 11) is 3.72. The number of aryl methyl sites for hydroxylation is 1. The average molecular weight is 310 g/mol. The number of carbonyl (C=O) groups is 1. The Morgan fingerprint density at radius 2 is 1.74 bits per heavy atom. The van der Waals surface area contributed by atoms with E-state index in [0.29, 0.717) is 6.42 Å². The molecule has 23 heavy (non-hydrogen) atoms. The van der Waals surface area contributed by atoms with Gasteiger partial charge in [-0.15, -0.1) is 0 Å². The number of likely N-dealkylation sites (N-methyl/N-ethyl adjacent to an activating group) is 1. The van der Waals surface area contributed by atoms with Crippen LogP contribution in [-0.2, 0) is 11.2 Å².